The van der Waals surface area contributed by atoms with Crippen LogP contribution in [0.25, 0.3) is 33.8 Å². The van der Waals surface area contributed by atoms with Crippen molar-refractivity contribution in [1.29, 1.82) is 0 Å². The molecule has 40 heavy (non-hydrogen) atoms. The third-order valence-corrected chi connectivity index (χ3v) is 7.54. The van der Waals surface area contributed by atoms with Gasteiger partial charge >= 0.3 is 5.92 Å². The first-order valence-corrected chi connectivity index (χ1v) is 13.3. The van der Waals surface area contributed by atoms with Gasteiger partial charge in [0, 0.05) is 44.0 Å². The molecule has 1 aromatic carbocycles. The van der Waals surface area contributed by atoms with Gasteiger partial charge in [0.05, 0.1) is 29.4 Å². The van der Waals surface area contributed by atoms with Crippen molar-refractivity contribution in [3.63, 3.8) is 0 Å². The number of rotatable bonds is 8. The Kier molecular flexibility index (Phi) is 5.79. The molecular formula is C28H26F3N9. The maximum atomic E-state index is 13.8. The van der Waals surface area contributed by atoms with E-state index in [-0.39, 0.29) is 0 Å². The SMILES string of the molecule is Cn1cc(C(F)(F)CF)nc1-c1ccc(Cn2ncc3cnc(-c4c(C5CC5)ncnc4N4CCC4)nc32)cc1. The average molecular weight is 546 g/mol. The van der Waals surface area contributed by atoms with Gasteiger partial charge in [0.2, 0.25) is 0 Å². The number of aromatic nitrogens is 8. The summed E-state index contributed by atoms with van der Waals surface area (Å²) in [7, 11) is 1.61. The highest BCUT2D eigenvalue weighted by Gasteiger charge is 2.35. The van der Waals surface area contributed by atoms with Crippen LogP contribution in [0.4, 0.5) is 19.0 Å². The predicted octanol–water partition coefficient (Wildman–Crippen LogP) is 4.88. The zero-order valence-electron chi connectivity index (χ0n) is 21.8. The molecular weight excluding hydrogens is 519 g/mol. The molecule has 0 N–H and O–H groups in total. The van der Waals surface area contributed by atoms with Crippen LogP contribution in [0.15, 0.2) is 49.2 Å². The minimum atomic E-state index is -3.61. The van der Waals surface area contributed by atoms with Crippen molar-refractivity contribution in [3.8, 4) is 22.8 Å². The monoisotopic (exact) mass is 545 g/mol. The minimum absolute atomic E-state index is 0.339. The number of fused-ring (bicyclic) bond motifs is 1. The molecule has 5 aromatic rings. The molecule has 0 bridgehead atoms. The zero-order chi connectivity index (χ0) is 27.4. The Morgan fingerprint density at radius 1 is 1.00 bits per heavy atom. The summed E-state index contributed by atoms with van der Waals surface area (Å²) in [6.45, 7) is 0.584. The molecule has 2 fully saturated rings. The van der Waals surface area contributed by atoms with E-state index < -0.39 is 18.3 Å². The first-order chi connectivity index (χ1) is 19.4. The van der Waals surface area contributed by atoms with E-state index in [1.165, 1.54) is 4.57 Å². The van der Waals surface area contributed by atoms with Gasteiger partial charge in [-0.15, -0.1) is 0 Å². The summed E-state index contributed by atoms with van der Waals surface area (Å²) >= 11 is 0. The summed E-state index contributed by atoms with van der Waals surface area (Å²) in [5.74, 6) is -1.36. The van der Waals surface area contributed by atoms with Crippen molar-refractivity contribution in [2.75, 3.05) is 24.7 Å². The first kappa shape index (κ1) is 24.7. The topological polar surface area (TPSA) is 90.4 Å². The van der Waals surface area contributed by atoms with Gasteiger partial charge in [-0.3, -0.25) is 0 Å². The number of anilines is 1. The molecule has 204 valence electrons. The molecule has 0 atom stereocenters. The molecule has 4 aromatic heterocycles. The number of hydrogen-bond donors (Lipinski definition) is 0. The van der Waals surface area contributed by atoms with Crippen LogP contribution in [0.2, 0.25) is 0 Å². The molecule has 0 amide bonds. The van der Waals surface area contributed by atoms with Gasteiger partial charge in [-0.05, 0) is 24.8 Å². The van der Waals surface area contributed by atoms with Crippen molar-refractivity contribution >= 4 is 16.9 Å². The van der Waals surface area contributed by atoms with E-state index in [9.17, 15) is 13.2 Å². The largest absolute Gasteiger partial charge is 0.356 e. The summed E-state index contributed by atoms with van der Waals surface area (Å²) in [5.41, 5.74) is 3.64. The molecule has 7 rings (SSSR count). The minimum Gasteiger partial charge on any atom is -0.356 e. The number of benzene rings is 1. The zero-order valence-corrected chi connectivity index (χ0v) is 21.8. The predicted molar refractivity (Wildman–Crippen MR) is 143 cm³/mol. The van der Waals surface area contributed by atoms with Crippen molar-refractivity contribution in [2.24, 2.45) is 7.05 Å². The van der Waals surface area contributed by atoms with E-state index in [0.29, 0.717) is 35.3 Å². The second-order valence-electron chi connectivity index (χ2n) is 10.4. The lowest BCUT2D eigenvalue weighted by molar-refractivity contribution is -0.0318. The van der Waals surface area contributed by atoms with Crippen LogP contribution >= 0.6 is 0 Å². The fourth-order valence-corrected chi connectivity index (χ4v) is 5.05. The lowest BCUT2D eigenvalue weighted by Crippen LogP contribution is -2.38. The van der Waals surface area contributed by atoms with Crippen LogP contribution in [0.5, 0.6) is 0 Å². The number of nitrogens with zero attached hydrogens (tertiary/aromatic N) is 9. The molecule has 1 aliphatic carbocycles. The van der Waals surface area contributed by atoms with Gasteiger partial charge in [0.1, 0.15) is 23.7 Å². The van der Waals surface area contributed by atoms with Crippen LogP contribution in [-0.4, -0.2) is 59.0 Å². The second kappa shape index (κ2) is 9.39. The Balaban J connectivity index is 1.19. The fraction of sp³-hybridized carbons (Fsp3) is 0.357. The van der Waals surface area contributed by atoms with Crippen LogP contribution in [0.3, 0.4) is 0 Å². The van der Waals surface area contributed by atoms with Crippen LogP contribution < -0.4 is 4.90 Å². The normalized spacial score (nSPS) is 15.6. The summed E-state index contributed by atoms with van der Waals surface area (Å²) in [5, 5.41) is 5.38. The Hall–Kier alpha value is -4.35. The van der Waals surface area contributed by atoms with Crippen molar-refractivity contribution < 1.29 is 13.2 Å². The molecule has 5 heterocycles. The van der Waals surface area contributed by atoms with Gasteiger partial charge < -0.3 is 9.47 Å². The Morgan fingerprint density at radius 3 is 2.50 bits per heavy atom. The molecule has 1 saturated carbocycles. The van der Waals surface area contributed by atoms with E-state index >= 15 is 0 Å². The Morgan fingerprint density at radius 2 is 1.80 bits per heavy atom. The van der Waals surface area contributed by atoms with Gasteiger partial charge in [0.15, 0.2) is 18.1 Å². The molecule has 0 radical (unpaired) electrons. The van der Waals surface area contributed by atoms with E-state index in [4.69, 9.17) is 9.97 Å². The number of aryl methyl sites for hydroxylation is 1. The summed E-state index contributed by atoms with van der Waals surface area (Å²) in [6.07, 6.45) is 9.70. The number of halogens is 3. The molecule has 1 aliphatic heterocycles. The highest BCUT2D eigenvalue weighted by atomic mass is 19.3. The number of alkyl halides is 3. The average Bonchev–Trinajstić information content (AvgIpc) is 3.60. The first-order valence-electron chi connectivity index (χ1n) is 13.3. The van der Waals surface area contributed by atoms with Gasteiger partial charge in [-0.1, -0.05) is 24.3 Å². The number of imidazole rings is 1. The molecule has 9 nitrogen and oxygen atoms in total. The molecule has 0 unspecified atom stereocenters. The van der Waals surface area contributed by atoms with E-state index in [1.54, 1.807) is 25.8 Å². The number of hydrogen-bond acceptors (Lipinski definition) is 7. The quantitative estimate of drug-likeness (QED) is 0.275. The van der Waals surface area contributed by atoms with E-state index in [1.807, 2.05) is 28.9 Å². The molecule has 12 heteroatoms. The van der Waals surface area contributed by atoms with Crippen LogP contribution in [0.1, 0.15) is 42.1 Å². The highest BCUT2D eigenvalue weighted by Crippen LogP contribution is 2.45. The standard InChI is InChI=1S/C28H26F3N9/c1-38-14-21(28(30,31)15-29)36-25(38)19-5-3-17(4-6-19)13-40-26-20(12-35-40)11-32-24(37-26)22-23(18-7-8-18)33-16-34-27(22)39-9-2-10-39/h3-6,11-12,14,16,18H,2,7-10,13,15H2,1H3. The maximum Gasteiger partial charge on any atom is 0.318 e. The third-order valence-electron chi connectivity index (χ3n) is 7.54. The Bertz CT molecular complexity index is 1700. The van der Waals surface area contributed by atoms with Gasteiger partial charge in [0.25, 0.3) is 0 Å². The van der Waals surface area contributed by atoms with Crippen molar-refractivity contribution in [2.45, 2.75) is 37.6 Å². The van der Waals surface area contributed by atoms with E-state index in [0.717, 1.165) is 66.6 Å². The Labute approximate surface area is 227 Å². The highest BCUT2D eigenvalue weighted by molar-refractivity contribution is 5.80. The second-order valence-corrected chi connectivity index (χ2v) is 10.4. The van der Waals surface area contributed by atoms with Gasteiger partial charge in [-0.25, -0.2) is 34.0 Å². The lowest BCUT2D eigenvalue weighted by Gasteiger charge is -2.33. The maximum absolute atomic E-state index is 13.8. The molecule has 2 aliphatic rings. The molecule has 0 spiro atoms. The van der Waals surface area contributed by atoms with E-state index in [2.05, 4.69) is 25.0 Å². The summed E-state index contributed by atoms with van der Waals surface area (Å²) < 4.78 is 43.7. The summed E-state index contributed by atoms with van der Waals surface area (Å²) in [4.78, 5) is 25.1. The van der Waals surface area contributed by atoms with Crippen LogP contribution in [0, 0.1) is 0 Å². The fourth-order valence-electron chi connectivity index (χ4n) is 5.05. The summed E-state index contributed by atoms with van der Waals surface area (Å²) in [6, 6.07) is 7.41. The van der Waals surface area contributed by atoms with Crippen LogP contribution in [-0.2, 0) is 19.5 Å². The third kappa shape index (κ3) is 4.27. The van der Waals surface area contributed by atoms with Crippen molar-refractivity contribution in [1.82, 2.24) is 39.3 Å². The lowest BCUT2D eigenvalue weighted by atomic mass is 10.1. The molecule has 1 saturated heterocycles. The smallest absolute Gasteiger partial charge is 0.318 e. The van der Waals surface area contributed by atoms with Crippen molar-refractivity contribution in [3.05, 3.63) is 66.1 Å². The van der Waals surface area contributed by atoms with Gasteiger partial charge in [-0.2, -0.15) is 13.9 Å².